The molecule has 0 unspecified atom stereocenters. The monoisotopic (exact) mass is 411 g/mol. The maximum atomic E-state index is 11.7. The first-order valence-electron chi connectivity index (χ1n) is 8.67. The fourth-order valence-corrected chi connectivity index (χ4v) is 3.33. The minimum atomic E-state index is -1.43. The van der Waals surface area contributed by atoms with Gasteiger partial charge in [0, 0.05) is 5.38 Å². The highest BCUT2D eigenvalue weighted by atomic mass is 32.1. The van der Waals surface area contributed by atoms with Crippen LogP contribution < -0.4 is 9.47 Å². The van der Waals surface area contributed by atoms with Gasteiger partial charge < -0.3 is 34.3 Å². The van der Waals surface area contributed by atoms with E-state index in [1.807, 2.05) is 0 Å². The molecule has 0 saturated carbocycles. The van der Waals surface area contributed by atoms with Crippen molar-refractivity contribution in [2.45, 2.75) is 37.6 Å². The molecule has 1 fully saturated rings. The molecule has 1 aromatic heterocycles. The molecular formula is C18H21NO8S. The summed E-state index contributed by atoms with van der Waals surface area (Å²) >= 11 is 1.02. The Hall–Kier alpha value is -2.24. The molecule has 2 aromatic rings. The molecule has 0 spiro atoms. The normalized spacial score (nSPS) is 27.2. The van der Waals surface area contributed by atoms with Gasteiger partial charge in [-0.05, 0) is 19.1 Å². The topological polar surface area (TPSA) is 128 Å². The van der Waals surface area contributed by atoms with Crippen molar-refractivity contribution in [3.05, 3.63) is 41.4 Å². The average molecular weight is 411 g/mol. The lowest BCUT2D eigenvalue weighted by Crippen LogP contribution is -2.62. The number of ether oxygens (including phenoxy) is 4. The van der Waals surface area contributed by atoms with E-state index >= 15 is 0 Å². The maximum absolute atomic E-state index is 11.7. The van der Waals surface area contributed by atoms with E-state index in [2.05, 4.69) is 4.98 Å². The molecule has 0 radical (unpaired) electrons. The standard InChI is InChI=1S/C18H21NO8S/c1-2-24-16(23)11-9-28-18(19-11)27-15-12(8-20)26-17(14(22)13(15)21)25-10-6-4-3-5-7-10/h3-7,9,12-15,17,20-22H,2,8H2,1H3/t12-,13-,14-,15-,17-/m1/s1. The molecule has 152 valence electrons. The van der Waals surface area contributed by atoms with Crippen molar-refractivity contribution in [2.24, 2.45) is 0 Å². The highest BCUT2D eigenvalue weighted by Crippen LogP contribution is 2.29. The maximum Gasteiger partial charge on any atom is 0.357 e. The van der Waals surface area contributed by atoms with E-state index < -0.39 is 43.3 Å². The van der Waals surface area contributed by atoms with Crippen LogP contribution in [0.5, 0.6) is 10.9 Å². The quantitative estimate of drug-likeness (QED) is 0.561. The molecule has 2 heterocycles. The Labute approximate surface area is 165 Å². The van der Waals surface area contributed by atoms with Gasteiger partial charge in [0.05, 0.1) is 13.2 Å². The first kappa shape index (κ1) is 20.5. The summed E-state index contributed by atoms with van der Waals surface area (Å²) in [4.78, 5) is 15.7. The number of aliphatic hydroxyl groups is 3. The number of thiazole rings is 1. The zero-order chi connectivity index (χ0) is 20.1. The average Bonchev–Trinajstić information content (AvgIpc) is 3.17. The summed E-state index contributed by atoms with van der Waals surface area (Å²) < 4.78 is 21.6. The van der Waals surface area contributed by atoms with Crippen LogP contribution in [0.2, 0.25) is 0 Å². The Balaban J connectivity index is 1.69. The molecular weight excluding hydrogens is 390 g/mol. The molecule has 1 aliphatic rings. The molecule has 28 heavy (non-hydrogen) atoms. The van der Waals surface area contributed by atoms with Crippen LogP contribution in [-0.4, -0.2) is 70.2 Å². The summed E-state index contributed by atoms with van der Waals surface area (Å²) in [7, 11) is 0. The van der Waals surface area contributed by atoms with Crippen LogP contribution in [0.1, 0.15) is 17.4 Å². The number of aliphatic hydroxyl groups excluding tert-OH is 3. The number of esters is 1. The van der Waals surface area contributed by atoms with Crippen LogP contribution in [0.3, 0.4) is 0 Å². The Bertz CT molecular complexity index is 768. The lowest BCUT2D eigenvalue weighted by Gasteiger charge is -2.41. The van der Waals surface area contributed by atoms with Gasteiger partial charge in [0.1, 0.15) is 24.1 Å². The van der Waals surface area contributed by atoms with Gasteiger partial charge in [-0.25, -0.2) is 4.79 Å². The lowest BCUT2D eigenvalue weighted by molar-refractivity contribution is -0.272. The van der Waals surface area contributed by atoms with Gasteiger partial charge >= 0.3 is 5.97 Å². The van der Waals surface area contributed by atoms with Gasteiger partial charge in [0.25, 0.3) is 5.19 Å². The third-order valence-electron chi connectivity index (χ3n) is 4.02. The SMILES string of the molecule is CCOC(=O)c1csc(O[C@H]2[C@H](O)[C@@H](O)[C@H](Oc3ccccc3)O[C@@H]2CO)n1. The lowest BCUT2D eigenvalue weighted by atomic mass is 9.99. The molecule has 5 atom stereocenters. The van der Waals surface area contributed by atoms with Gasteiger partial charge in [-0.2, -0.15) is 4.98 Å². The van der Waals surface area contributed by atoms with E-state index in [-0.39, 0.29) is 17.5 Å². The van der Waals surface area contributed by atoms with E-state index in [0.717, 1.165) is 11.3 Å². The van der Waals surface area contributed by atoms with E-state index in [1.54, 1.807) is 37.3 Å². The van der Waals surface area contributed by atoms with Crippen LogP contribution >= 0.6 is 11.3 Å². The zero-order valence-corrected chi connectivity index (χ0v) is 15.8. The summed E-state index contributed by atoms with van der Waals surface area (Å²) in [6, 6.07) is 8.65. The van der Waals surface area contributed by atoms with Crippen molar-refractivity contribution < 1.29 is 39.1 Å². The van der Waals surface area contributed by atoms with E-state index in [0.29, 0.717) is 5.75 Å². The van der Waals surface area contributed by atoms with Crippen molar-refractivity contribution >= 4 is 17.3 Å². The Morgan fingerprint density at radius 1 is 1.21 bits per heavy atom. The molecule has 3 N–H and O–H groups in total. The number of hydrogen-bond donors (Lipinski definition) is 3. The van der Waals surface area contributed by atoms with E-state index in [9.17, 15) is 20.1 Å². The van der Waals surface area contributed by atoms with Crippen molar-refractivity contribution in [3.8, 4) is 10.9 Å². The summed E-state index contributed by atoms with van der Waals surface area (Å²) in [5, 5.41) is 32.0. The molecule has 10 heteroatoms. The number of benzene rings is 1. The highest BCUT2D eigenvalue weighted by molar-refractivity contribution is 7.11. The third kappa shape index (κ3) is 4.59. The largest absolute Gasteiger partial charge is 0.462 e. The fourth-order valence-electron chi connectivity index (χ4n) is 2.66. The van der Waals surface area contributed by atoms with Crippen molar-refractivity contribution in [1.29, 1.82) is 0 Å². The summed E-state index contributed by atoms with van der Waals surface area (Å²) in [5.41, 5.74) is 0.0689. The Morgan fingerprint density at radius 3 is 2.64 bits per heavy atom. The van der Waals surface area contributed by atoms with Gasteiger partial charge in [-0.15, -0.1) is 0 Å². The summed E-state index contributed by atoms with van der Waals surface area (Å²) in [5.74, 6) is -0.155. The molecule has 9 nitrogen and oxygen atoms in total. The summed E-state index contributed by atoms with van der Waals surface area (Å²) in [6.45, 7) is 1.40. The zero-order valence-electron chi connectivity index (χ0n) is 15.0. The number of nitrogens with zero attached hydrogens (tertiary/aromatic N) is 1. The molecule has 1 saturated heterocycles. The number of aromatic nitrogens is 1. The predicted octanol–water partition coefficient (Wildman–Crippen LogP) is 0.585. The van der Waals surface area contributed by atoms with Crippen molar-refractivity contribution in [1.82, 2.24) is 4.98 Å². The molecule has 0 aliphatic carbocycles. The molecule has 3 rings (SSSR count). The number of para-hydroxylation sites is 1. The Kier molecular flexibility index (Phi) is 6.81. The Morgan fingerprint density at radius 2 is 1.96 bits per heavy atom. The van der Waals surface area contributed by atoms with Gasteiger partial charge in [-0.1, -0.05) is 29.5 Å². The van der Waals surface area contributed by atoms with E-state index in [1.165, 1.54) is 5.38 Å². The molecule has 0 amide bonds. The van der Waals surface area contributed by atoms with Crippen LogP contribution in [0.4, 0.5) is 0 Å². The van der Waals surface area contributed by atoms with Crippen molar-refractivity contribution in [2.75, 3.05) is 13.2 Å². The number of carbonyl (C=O) groups is 1. The minimum absolute atomic E-state index is 0.0689. The van der Waals surface area contributed by atoms with Crippen LogP contribution in [0, 0.1) is 0 Å². The summed E-state index contributed by atoms with van der Waals surface area (Å²) in [6.07, 6.45) is -6.15. The number of hydrogen-bond acceptors (Lipinski definition) is 10. The fraction of sp³-hybridized carbons (Fsp3) is 0.444. The second-order valence-electron chi connectivity index (χ2n) is 5.94. The third-order valence-corrected chi connectivity index (χ3v) is 4.75. The molecule has 1 aliphatic heterocycles. The van der Waals surface area contributed by atoms with Crippen LogP contribution in [0.25, 0.3) is 0 Å². The number of rotatable bonds is 7. The number of carbonyl (C=O) groups excluding carboxylic acids is 1. The van der Waals surface area contributed by atoms with Crippen LogP contribution in [-0.2, 0) is 9.47 Å². The van der Waals surface area contributed by atoms with Gasteiger partial charge in [0.2, 0.25) is 6.29 Å². The first-order chi connectivity index (χ1) is 13.5. The predicted molar refractivity (Wildman–Crippen MR) is 97.3 cm³/mol. The van der Waals surface area contributed by atoms with Gasteiger partial charge in [0.15, 0.2) is 11.8 Å². The van der Waals surface area contributed by atoms with Crippen LogP contribution in [0.15, 0.2) is 35.7 Å². The van der Waals surface area contributed by atoms with Crippen molar-refractivity contribution in [3.63, 3.8) is 0 Å². The highest BCUT2D eigenvalue weighted by Gasteiger charge is 2.47. The van der Waals surface area contributed by atoms with Gasteiger partial charge in [-0.3, -0.25) is 0 Å². The van der Waals surface area contributed by atoms with E-state index in [4.69, 9.17) is 18.9 Å². The second kappa shape index (κ2) is 9.30. The first-order valence-corrected chi connectivity index (χ1v) is 9.55. The smallest absolute Gasteiger partial charge is 0.357 e. The minimum Gasteiger partial charge on any atom is -0.462 e. The second-order valence-corrected chi connectivity index (χ2v) is 6.76. The molecule has 1 aromatic carbocycles. The molecule has 0 bridgehead atoms.